The molecule has 2 N–H and O–H groups in total. The zero-order chi connectivity index (χ0) is 20.9. The lowest BCUT2D eigenvalue weighted by molar-refractivity contribution is -0.122. The van der Waals surface area contributed by atoms with E-state index in [2.05, 4.69) is 35.9 Å². The van der Waals surface area contributed by atoms with E-state index in [0.29, 0.717) is 11.4 Å². The molecule has 0 radical (unpaired) electrons. The third-order valence-corrected chi connectivity index (χ3v) is 5.59. The van der Waals surface area contributed by atoms with Gasteiger partial charge in [0.2, 0.25) is 5.95 Å². The van der Waals surface area contributed by atoms with Crippen LogP contribution >= 0.6 is 15.9 Å². The molecule has 3 aromatic rings. The standard InChI is InChI=1S/C19H17BrN4O4S/c1-13(28-16-7-3-14(20)4-8-16)18(25)23-15-5-9-17(10-6-15)29(26,27)24-19-21-11-2-12-22-19/h2-13H,1H3,(H,23,25)(H,21,22,24). The van der Waals surface area contributed by atoms with Crippen LogP contribution in [0.5, 0.6) is 5.75 Å². The quantitative estimate of drug-likeness (QED) is 0.540. The van der Waals surface area contributed by atoms with Crippen LogP contribution in [-0.2, 0) is 14.8 Å². The number of anilines is 2. The van der Waals surface area contributed by atoms with Gasteiger partial charge in [0.15, 0.2) is 6.10 Å². The Morgan fingerprint density at radius 1 is 1.03 bits per heavy atom. The highest BCUT2D eigenvalue weighted by Crippen LogP contribution is 2.19. The summed E-state index contributed by atoms with van der Waals surface area (Å²) in [6, 6.07) is 14.4. The summed E-state index contributed by atoms with van der Waals surface area (Å²) < 4.78 is 33.5. The number of hydrogen-bond donors (Lipinski definition) is 2. The summed E-state index contributed by atoms with van der Waals surface area (Å²) in [4.78, 5) is 20.0. The number of nitrogens with zero attached hydrogens (tertiary/aromatic N) is 2. The molecular weight excluding hydrogens is 460 g/mol. The lowest BCUT2D eigenvalue weighted by Crippen LogP contribution is -2.30. The van der Waals surface area contributed by atoms with Crippen LogP contribution in [0.3, 0.4) is 0 Å². The Labute approximate surface area is 176 Å². The van der Waals surface area contributed by atoms with Gasteiger partial charge < -0.3 is 10.1 Å². The minimum absolute atomic E-state index is 0.0158. The number of rotatable bonds is 7. The predicted octanol–water partition coefficient (Wildman–Crippen LogP) is 3.45. The molecule has 1 heterocycles. The Morgan fingerprint density at radius 2 is 1.66 bits per heavy atom. The first kappa shape index (κ1) is 20.7. The van der Waals surface area contributed by atoms with Crippen molar-refractivity contribution in [2.24, 2.45) is 0 Å². The first-order chi connectivity index (χ1) is 13.8. The fourth-order valence-corrected chi connectivity index (χ4v) is 3.49. The van der Waals surface area contributed by atoms with E-state index >= 15 is 0 Å². The van der Waals surface area contributed by atoms with E-state index in [1.54, 1.807) is 25.1 Å². The summed E-state index contributed by atoms with van der Waals surface area (Å²) in [5.41, 5.74) is 0.441. The summed E-state index contributed by atoms with van der Waals surface area (Å²) in [7, 11) is -3.84. The van der Waals surface area contributed by atoms with Gasteiger partial charge in [0, 0.05) is 22.6 Å². The van der Waals surface area contributed by atoms with Crippen molar-refractivity contribution in [3.05, 3.63) is 71.5 Å². The second-order valence-corrected chi connectivity index (χ2v) is 8.50. The first-order valence-electron chi connectivity index (χ1n) is 8.46. The number of halogens is 1. The molecule has 0 aliphatic rings. The molecule has 10 heteroatoms. The first-order valence-corrected chi connectivity index (χ1v) is 10.7. The lowest BCUT2D eigenvalue weighted by Gasteiger charge is -2.15. The molecule has 0 saturated carbocycles. The number of ether oxygens (including phenoxy) is 1. The molecule has 1 amide bonds. The molecule has 150 valence electrons. The number of sulfonamides is 1. The zero-order valence-electron chi connectivity index (χ0n) is 15.2. The van der Waals surface area contributed by atoms with Gasteiger partial charge >= 0.3 is 0 Å². The Kier molecular flexibility index (Phi) is 6.45. The van der Waals surface area contributed by atoms with E-state index in [0.717, 1.165) is 4.47 Å². The number of carbonyl (C=O) groups is 1. The van der Waals surface area contributed by atoms with Gasteiger partial charge in [-0.3, -0.25) is 4.79 Å². The minimum Gasteiger partial charge on any atom is -0.481 e. The number of benzene rings is 2. The summed E-state index contributed by atoms with van der Waals surface area (Å²) in [6.45, 7) is 1.62. The second kappa shape index (κ2) is 9.01. The van der Waals surface area contributed by atoms with Crippen molar-refractivity contribution in [3.63, 3.8) is 0 Å². The molecule has 1 atom stereocenters. The van der Waals surface area contributed by atoms with E-state index in [1.807, 2.05) is 12.1 Å². The Bertz CT molecular complexity index is 1080. The third kappa shape index (κ3) is 5.75. The van der Waals surface area contributed by atoms with Gasteiger partial charge in [-0.15, -0.1) is 0 Å². The average Bonchev–Trinajstić information content (AvgIpc) is 2.70. The fourth-order valence-electron chi connectivity index (χ4n) is 2.26. The van der Waals surface area contributed by atoms with Crippen molar-refractivity contribution in [1.29, 1.82) is 0 Å². The molecule has 0 saturated heterocycles. The molecule has 8 nitrogen and oxygen atoms in total. The maximum absolute atomic E-state index is 12.4. The van der Waals surface area contributed by atoms with Crippen LogP contribution in [0.1, 0.15) is 6.92 Å². The van der Waals surface area contributed by atoms with Crippen molar-refractivity contribution in [2.45, 2.75) is 17.9 Å². The van der Waals surface area contributed by atoms with E-state index in [4.69, 9.17) is 4.74 Å². The molecule has 2 aromatic carbocycles. The van der Waals surface area contributed by atoms with Gasteiger partial charge in [0.1, 0.15) is 5.75 Å². The van der Waals surface area contributed by atoms with E-state index in [1.165, 1.54) is 36.7 Å². The fraction of sp³-hybridized carbons (Fsp3) is 0.105. The molecule has 0 fully saturated rings. The Morgan fingerprint density at radius 3 is 2.28 bits per heavy atom. The number of nitrogens with one attached hydrogen (secondary N) is 2. The summed E-state index contributed by atoms with van der Waals surface area (Å²) in [5.74, 6) is 0.176. The highest BCUT2D eigenvalue weighted by Gasteiger charge is 2.17. The van der Waals surface area contributed by atoms with Gasteiger partial charge in [-0.1, -0.05) is 15.9 Å². The minimum atomic E-state index is -3.84. The monoisotopic (exact) mass is 476 g/mol. The normalized spacial score (nSPS) is 12.1. The maximum Gasteiger partial charge on any atom is 0.265 e. The Hall–Kier alpha value is -2.98. The van der Waals surface area contributed by atoms with E-state index in [9.17, 15) is 13.2 Å². The highest BCUT2D eigenvalue weighted by atomic mass is 79.9. The molecule has 0 spiro atoms. The lowest BCUT2D eigenvalue weighted by atomic mass is 10.3. The SMILES string of the molecule is CC(Oc1ccc(Br)cc1)C(=O)Nc1ccc(S(=O)(=O)Nc2ncccn2)cc1. The third-order valence-electron chi connectivity index (χ3n) is 3.72. The molecule has 0 bridgehead atoms. The van der Waals surface area contributed by atoms with Crippen molar-refractivity contribution in [1.82, 2.24) is 9.97 Å². The van der Waals surface area contributed by atoms with Crippen LogP contribution in [0.2, 0.25) is 0 Å². The molecule has 29 heavy (non-hydrogen) atoms. The summed E-state index contributed by atoms with van der Waals surface area (Å²) in [6.07, 6.45) is 2.12. The van der Waals surface area contributed by atoms with Gasteiger partial charge in [-0.05, 0) is 61.5 Å². The van der Waals surface area contributed by atoms with Crippen molar-refractivity contribution < 1.29 is 17.9 Å². The van der Waals surface area contributed by atoms with Crippen LogP contribution in [0, 0.1) is 0 Å². The molecule has 3 rings (SSSR count). The van der Waals surface area contributed by atoms with Gasteiger partial charge in [0.05, 0.1) is 4.90 Å². The molecule has 0 aliphatic heterocycles. The largest absolute Gasteiger partial charge is 0.481 e. The molecular formula is C19H17BrN4O4S. The number of carbonyl (C=O) groups excluding carboxylic acids is 1. The van der Waals surface area contributed by atoms with Gasteiger partial charge in [0.25, 0.3) is 15.9 Å². The summed E-state index contributed by atoms with van der Waals surface area (Å²) >= 11 is 3.33. The van der Waals surface area contributed by atoms with Crippen LogP contribution in [0.15, 0.2) is 76.4 Å². The topological polar surface area (TPSA) is 110 Å². The summed E-state index contributed by atoms with van der Waals surface area (Å²) in [5, 5.41) is 2.69. The molecule has 1 unspecified atom stereocenters. The van der Waals surface area contributed by atoms with Crippen LogP contribution in [-0.4, -0.2) is 30.4 Å². The van der Waals surface area contributed by atoms with Crippen LogP contribution in [0.25, 0.3) is 0 Å². The zero-order valence-corrected chi connectivity index (χ0v) is 17.6. The van der Waals surface area contributed by atoms with Crippen LogP contribution in [0.4, 0.5) is 11.6 Å². The molecule has 0 aliphatic carbocycles. The maximum atomic E-state index is 12.4. The van der Waals surface area contributed by atoms with Crippen molar-refractivity contribution in [2.75, 3.05) is 10.0 Å². The number of hydrogen-bond acceptors (Lipinski definition) is 6. The Balaban J connectivity index is 1.62. The predicted molar refractivity (Wildman–Crippen MR) is 112 cm³/mol. The van der Waals surface area contributed by atoms with E-state index in [-0.39, 0.29) is 16.8 Å². The number of aromatic nitrogens is 2. The van der Waals surface area contributed by atoms with Crippen molar-refractivity contribution >= 4 is 43.5 Å². The highest BCUT2D eigenvalue weighted by molar-refractivity contribution is 9.10. The van der Waals surface area contributed by atoms with Crippen LogP contribution < -0.4 is 14.8 Å². The average molecular weight is 477 g/mol. The second-order valence-electron chi connectivity index (χ2n) is 5.91. The molecule has 1 aromatic heterocycles. The van der Waals surface area contributed by atoms with Crippen molar-refractivity contribution in [3.8, 4) is 5.75 Å². The van der Waals surface area contributed by atoms with E-state index < -0.39 is 16.1 Å². The number of amides is 1. The van der Waals surface area contributed by atoms with Gasteiger partial charge in [-0.2, -0.15) is 0 Å². The van der Waals surface area contributed by atoms with Gasteiger partial charge in [-0.25, -0.2) is 23.1 Å². The smallest absolute Gasteiger partial charge is 0.265 e.